The Labute approximate surface area is 101 Å². The highest BCUT2D eigenvalue weighted by Gasteiger charge is 2.20. The van der Waals surface area contributed by atoms with Crippen LogP contribution < -0.4 is 0 Å². The molecular weight excluding hydrogens is 268 g/mol. The van der Waals surface area contributed by atoms with Crippen LogP contribution in [0, 0.1) is 0 Å². The van der Waals surface area contributed by atoms with Gasteiger partial charge in [0.2, 0.25) is 5.76 Å². The Morgan fingerprint density at radius 2 is 2.12 bits per heavy atom. The molecule has 0 bridgehead atoms. The van der Waals surface area contributed by atoms with Crippen LogP contribution in [-0.2, 0) is 13.8 Å². The van der Waals surface area contributed by atoms with Gasteiger partial charge in [0, 0.05) is 16.1 Å². The maximum atomic E-state index is 11.3. The number of ether oxygens (including phenoxy) is 1. The highest BCUT2D eigenvalue weighted by Crippen LogP contribution is 2.28. The molecule has 1 heterocycles. The predicted octanol–water partition coefficient (Wildman–Crippen LogP) is 2.15. The van der Waals surface area contributed by atoms with Crippen molar-refractivity contribution in [1.82, 2.24) is 0 Å². The number of methoxy groups -OCH3 is 1. The van der Waals surface area contributed by atoms with Crippen LogP contribution >= 0.6 is 10.7 Å². The summed E-state index contributed by atoms with van der Waals surface area (Å²) in [6.45, 7) is 0. The summed E-state index contributed by atoms with van der Waals surface area (Å²) in [4.78, 5) is 11.1. The van der Waals surface area contributed by atoms with E-state index in [0.717, 1.165) is 0 Å². The topological polar surface area (TPSA) is 73.6 Å². The first-order valence-electron chi connectivity index (χ1n) is 4.49. The normalized spacial score (nSPS) is 11.6. The molecule has 7 heteroatoms. The number of esters is 1. The van der Waals surface area contributed by atoms with Crippen molar-refractivity contribution in [2.75, 3.05) is 7.11 Å². The molecule has 0 saturated carbocycles. The summed E-state index contributed by atoms with van der Waals surface area (Å²) in [7, 11) is 2.54. The van der Waals surface area contributed by atoms with Gasteiger partial charge in [-0.25, -0.2) is 13.2 Å². The first kappa shape index (κ1) is 11.9. The van der Waals surface area contributed by atoms with Gasteiger partial charge in [0.05, 0.1) is 7.11 Å². The van der Waals surface area contributed by atoms with Gasteiger partial charge in [0.25, 0.3) is 9.05 Å². The first-order valence-corrected chi connectivity index (χ1v) is 6.80. The quantitative estimate of drug-likeness (QED) is 0.620. The Morgan fingerprint density at radius 3 is 2.71 bits per heavy atom. The van der Waals surface area contributed by atoms with E-state index < -0.39 is 15.0 Å². The van der Waals surface area contributed by atoms with E-state index >= 15 is 0 Å². The smallest absolute Gasteiger partial charge is 0.373 e. The van der Waals surface area contributed by atoms with Gasteiger partial charge in [-0.1, -0.05) is 12.1 Å². The van der Waals surface area contributed by atoms with Gasteiger partial charge in [-0.2, -0.15) is 0 Å². The highest BCUT2D eigenvalue weighted by atomic mass is 35.7. The molecule has 0 aliphatic heterocycles. The lowest BCUT2D eigenvalue weighted by molar-refractivity contribution is 0.0567. The van der Waals surface area contributed by atoms with Gasteiger partial charge in [0.15, 0.2) is 5.58 Å². The molecule has 0 atom stereocenters. The lowest BCUT2D eigenvalue weighted by atomic mass is 10.2. The van der Waals surface area contributed by atoms with E-state index in [9.17, 15) is 13.2 Å². The van der Waals surface area contributed by atoms with Crippen molar-refractivity contribution in [3.05, 3.63) is 30.0 Å². The van der Waals surface area contributed by atoms with Gasteiger partial charge < -0.3 is 9.15 Å². The minimum absolute atomic E-state index is 0.0444. The third-order valence-corrected chi connectivity index (χ3v) is 3.50. The van der Waals surface area contributed by atoms with E-state index in [1.54, 1.807) is 6.07 Å². The Bertz CT molecular complexity index is 686. The maximum absolute atomic E-state index is 11.3. The molecule has 5 nitrogen and oxygen atoms in total. The summed E-state index contributed by atoms with van der Waals surface area (Å²) in [5.41, 5.74) is 0.0444. The largest absolute Gasteiger partial charge is 0.463 e. The monoisotopic (exact) mass is 274 g/mol. The fourth-order valence-electron chi connectivity index (χ4n) is 1.43. The van der Waals surface area contributed by atoms with Crippen LogP contribution in [0.3, 0.4) is 0 Å². The zero-order valence-corrected chi connectivity index (χ0v) is 10.2. The van der Waals surface area contributed by atoms with Crippen LogP contribution in [0.1, 0.15) is 10.6 Å². The average molecular weight is 275 g/mol. The van der Waals surface area contributed by atoms with Crippen LogP contribution in [0.4, 0.5) is 0 Å². The molecule has 0 N–H and O–H groups in total. The third kappa shape index (κ3) is 2.13. The molecule has 0 aliphatic rings. The van der Waals surface area contributed by atoms with E-state index in [0.29, 0.717) is 5.39 Å². The van der Waals surface area contributed by atoms with Crippen LogP contribution in [0.5, 0.6) is 0 Å². The average Bonchev–Trinajstić information content (AvgIpc) is 2.69. The summed E-state index contributed by atoms with van der Waals surface area (Å²) < 4.78 is 32.2. The summed E-state index contributed by atoms with van der Waals surface area (Å²) in [6.07, 6.45) is 0. The van der Waals surface area contributed by atoms with Crippen molar-refractivity contribution in [1.29, 1.82) is 0 Å². The number of hydrogen-bond acceptors (Lipinski definition) is 5. The van der Waals surface area contributed by atoms with E-state index in [-0.39, 0.29) is 16.2 Å². The van der Waals surface area contributed by atoms with Crippen molar-refractivity contribution in [2.24, 2.45) is 0 Å². The van der Waals surface area contributed by atoms with Crippen molar-refractivity contribution in [2.45, 2.75) is 4.90 Å². The molecule has 1 aromatic heterocycles. The second-order valence-corrected chi connectivity index (χ2v) is 5.75. The predicted molar refractivity (Wildman–Crippen MR) is 60.6 cm³/mol. The lowest BCUT2D eigenvalue weighted by Gasteiger charge is -1.96. The minimum atomic E-state index is -3.92. The fraction of sp³-hybridized carbons (Fsp3) is 0.100. The van der Waals surface area contributed by atoms with E-state index in [1.807, 2.05) is 0 Å². The van der Waals surface area contributed by atoms with E-state index in [4.69, 9.17) is 15.1 Å². The molecular formula is C10H7ClO5S. The number of fused-ring (bicyclic) bond motifs is 1. The summed E-state index contributed by atoms with van der Waals surface area (Å²) in [5, 5.41) is 0.465. The molecule has 2 rings (SSSR count). The second-order valence-electron chi connectivity index (χ2n) is 3.21. The molecule has 17 heavy (non-hydrogen) atoms. The molecule has 1 aromatic carbocycles. The van der Waals surface area contributed by atoms with Crippen LogP contribution in [0.25, 0.3) is 11.0 Å². The van der Waals surface area contributed by atoms with Crippen LogP contribution in [0.2, 0.25) is 0 Å². The van der Waals surface area contributed by atoms with E-state index in [2.05, 4.69) is 4.74 Å². The molecule has 2 aromatic rings. The fourth-order valence-corrected chi connectivity index (χ4v) is 2.42. The molecule has 0 amide bonds. The van der Waals surface area contributed by atoms with Crippen LogP contribution in [-0.4, -0.2) is 21.5 Å². The summed E-state index contributed by atoms with van der Waals surface area (Å²) in [5.74, 6) is -0.755. The van der Waals surface area contributed by atoms with Crippen molar-refractivity contribution in [3.63, 3.8) is 0 Å². The number of benzene rings is 1. The second kappa shape index (κ2) is 4.05. The maximum Gasteiger partial charge on any atom is 0.373 e. The van der Waals surface area contributed by atoms with Gasteiger partial charge in [-0.3, -0.25) is 0 Å². The molecule has 0 spiro atoms. The molecule has 0 unspecified atom stereocenters. The number of carbonyl (C=O) groups excluding carboxylic acids is 1. The van der Waals surface area contributed by atoms with E-state index in [1.165, 1.54) is 25.3 Å². The Hall–Kier alpha value is -1.53. The number of furan rings is 1. The zero-order chi connectivity index (χ0) is 12.6. The van der Waals surface area contributed by atoms with Crippen molar-refractivity contribution in [3.8, 4) is 0 Å². The van der Waals surface area contributed by atoms with Gasteiger partial charge in [0.1, 0.15) is 4.90 Å². The molecule has 0 aliphatic carbocycles. The van der Waals surface area contributed by atoms with Gasteiger partial charge >= 0.3 is 5.97 Å². The summed E-state index contributed by atoms with van der Waals surface area (Å²) >= 11 is 0. The summed E-state index contributed by atoms with van der Waals surface area (Å²) in [6, 6.07) is 5.81. The SMILES string of the molecule is COC(=O)c1cc2cccc(S(=O)(=O)Cl)c2o1. The van der Waals surface area contributed by atoms with Crippen molar-refractivity contribution >= 4 is 36.7 Å². The minimum Gasteiger partial charge on any atom is -0.463 e. The van der Waals surface area contributed by atoms with Crippen molar-refractivity contribution < 1.29 is 22.4 Å². The molecule has 0 saturated heterocycles. The number of halogens is 1. The van der Waals surface area contributed by atoms with Crippen LogP contribution in [0.15, 0.2) is 33.6 Å². The molecule has 0 radical (unpaired) electrons. The number of hydrogen-bond donors (Lipinski definition) is 0. The number of para-hydroxylation sites is 1. The Morgan fingerprint density at radius 1 is 1.41 bits per heavy atom. The molecule has 0 fully saturated rings. The zero-order valence-electron chi connectivity index (χ0n) is 8.64. The van der Waals surface area contributed by atoms with Gasteiger partial charge in [-0.05, 0) is 12.1 Å². The first-order chi connectivity index (χ1) is 7.93. The Balaban J connectivity index is 2.74. The standard InChI is InChI=1S/C10H7ClO5S/c1-15-10(12)7-5-6-3-2-4-8(9(6)16-7)17(11,13)14/h2-5H,1H3. The third-order valence-electron chi connectivity index (χ3n) is 2.16. The Kier molecular flexibility index (Phi) is 2.84. The highest BCUT2D eigenvalue weighted by molar-refractivity contribution is 8.13. The number of carbonyl (C=O) groups is 1. The van der Waals surface area contributed by atoms with Gasteiger partial charge in [-0.15, -0.1) is 0 Å². The molecule has 90 valence electrons. The lowest BCUT2D eigenvalue weighted by Crippen LogP contribution is -1.98. The number of rotatable bonds is 2.